The molecule has 1 heterocycles. The number of imide groups is 1. The average Bonchev–Trinajstić information content (AvgIpc) is 3.10. The Labute approximate surface area is 191 Å². The third kappa shape index (κ3) is 4.86. The number of amides is 3. The van der Waals surface area contributed by atoms with E-state index in [1.165, 1.54) is 35.6 Å². The number of carbonyl (C=O) groups excluding carboxylic acids is 3. The molecular formula is C22H26N2O6S2. The van der Waals surface area contributed by atoms with Crippen LogP contribution in [-0.4, -0.2) is 38.7 Å². The monoisotopic (exact) mass is 478 g/mol. The maximum atomic E-state index is 13.0. The summed E-state index contributed by atoms with van der Waals surface area (Å²) < 4.78 is 29.5. The maximum absolute atomic E-state index is 13.0. The van der Waals surface area contributed by atoms with Gasteiger partial charge in [0.2, 0.25) is 0 Å². The fourth-order valence-electron chi connectivity index (χ4n) is 3.55. The summed E-state index contributed by atoms with van der Waals surface area (Å²) >= 11 is 1.30. The predicted molar refractivity (Wildman–Crippen MR) is 122 cm³/mol. The van der Waals surface area contributed by atoms with Gasteiger partial charge in [-0.25, -0.2) is 13.2 Å². The summed E-state index contributed by atoms with van der Waals surface area (Å²) in [5, 5.41) is 4.62. The number of alkyl carbamates (subject to hydrolysis) is 1. The quantitative estimate of drug-likeness (QED) is 0.675. The minimum Gasteiger partial charge on any atom is -0.453 e. The molecule has 172 valence electrons. The van der Waals surface area contributed by atoms with E-state index in [1.54, 1.807) is 13.8 Å². The molecule has 10 heteroatoms. The number of fused-ring (bicyclic) bond motifs is 1. The molecule has 0 bridgehead atoms. The zero-order chi connectivity index (χ0) is 23.6. The fraction of sp³-hybridized carbons (Fsp3) is 0.409. The highest BCUT2D eigenvalue weighted by Crippen LogP contribution is 2.40. The van der Waals surface area contributed by atoms with E-state index in [9.17, 15) is 22.8 Å². The summed E-state index contributed by atoms with van der Waals surface area (Å²) in [5.74, 6) is -0.737. The minimum atomic E-state index is -3.55. The van der Waals surface area contributed by atoms with Gasteiger partial charge in [-0.3, -0.25) is 14.9 Å². The van der Waals surface area contributed by atoms with E-state index in [1.807, 2.05) is 0 Å². The van der Waals surface area contributed by atoms with E-state index in [-0.39, 0.29) is 16.0 Å². The highest BCUT2D eigenvalue weighted by Gasteiger charge is 2.29. The number of benzene rings is 1. The van der Waals surface area contributed by atoms with Crippen LogP contribution in [0.3, 0.4) is 0 Å². The van der Waals surface area contributed by atoms with Crippen molar-refractivity contribution >= 4 is 44.1 Å². The standard InChI is InChI=1S/C22H26N2O6S2/c1-12(2)32(28,29)15-7-5-6-14(11-15)19(25)23-21-18(20(26)24-22(27)30-4)16-9-8-13(3)10-17(16)31-21/h5-7,11-13H,8-10H2,1-4H3,(H,23,25)(H,24,26,27). The molecule has 8 nitrogen and oxygen atoms in total. The molecule has 1 unspecified atom stereocenters. The topological polar surface area (TPSA) is 119 Å². The Balaban J connectivity index is 1.96. The van der Waals surface area contributed by atoms with Gasteiger partial charge >= 0.3 is 6.09 Å². The van der Waals surface area contributed by atoms with Crippen molar-refractivity contribution in [3.63, 3.8) is 0 Å². The molecule has 0 saturated heterocycles. The van der Waals surface area contributed by atoms with Crippen LogP contribution in [0.4, 0.5) is 9.80 Å². The zero-order valence-electron chi connectivity index (χ0n) is 18.4. The average molecular weight is 479 g/mol. The molecule has 0 radical (unpaired) electrons. The van der Waals surface area contributed by atoms with Gasteiger partial charge < -0.3 is 10.1 Å². The first-order chi connectivity index (χ1) is 15.0. The van der Waals surface area contributed by atoms with E-state index in [2.05, 4.69) is 22.3 Å². The summed E-state index contributed by atoms with van der Waals surface area (Å²) in [6, 6.07) is 5.80. The summed E-state index contributed by atoms with van der Waals surface area (Å²) in [6.45, 7) is 5.27. The van der Waals surface area contributed by atoms with Gasteiger partial charge in [0.25, 0.3) is 11.8 Å². The van der Waals surface area contributed by atoms with Crippen LogP contribution in [0.1, 0.15) is 58.3 Å². The van der Waals surface area contributed by atoms with Gasteiger partial charge in [0.15, 0.2) is 9.84 Å². The van der Waals surface area contributed by atoms with Crippen LogP contribution in [0.5, 0.6) is 0 Å². The largest absolute Gasteiger partial charge is 0.453 e. The molecule has 2 aromatic rings. The molecule has 0 aliphatic heterocycles. The van der Waals surface area contributed by atoms with Crippen LogP contribution in [0.25, 0.3) is 0 Å². The van der Waals surface area contributed by atoms with E-state index in [4.69, 9.17) is 0 Å². The van der Waals surface area contributed by atoms with Crippen molar-refractivity contribution in [1.82, 2.24) is 5.32 Å². The van der Waals surface area contributed by atoms with Gasteiger partial charge in [-0.15, -0.1) is 11.3 Å². The first-order valence-corrected chi connectivity index (χ1v) is 12.6. The number of methoxy groups -OCH3 is 1. The van der Waals surface area contributed by atoms with Crippen LogP contribution >= 0.6 is 11.3 Å². The number of ether oxygens (including phenoxy) is 1. The summed E-state index contributed by atoms with van der Waals surface area (Å²) in [4.78, 5) is 38.4. The van der Waals surface area contributed by atoms with E-state index in [0.29, 0.717) is 17.3 Å². The Kier molecular flexibility index (Phi) is 7.04. The Morgan fingerprint density at radius 2 is 1.91 bits per heavy atom. The highest BCUT2D eigenvalue weighted by atomic mass is 32.2. The van der Waals surface area contributed by atoms with Crippen LogP contribution < -0.4 is 10.6 Å². The van der Waals surface area contributed by atoms with E-state index >= 15 is 0 Å². The van der Waals surface area contributed by atoms with Crippen molar-refractivity contribution in [1.29, 1.82) is 0 Å². The van der Waals surface area contributed by atoms with Crippen molar-refractivity contribution in [2.45, 2.75) is 50.2 Å². The Morgan fingerprint density at radius 3 is 2.56 bits per heavy atom. The lowest BCUT2D eigenvalue weighted by Gasteiger charge is -2.18. The highest BCUT2D eigenvalue weighted by molar-refractivity contribution is 7.92. The molecule has 1 aromatic heterocycles. The molecule has 1 atom stereocenters. The second kappa shape index (κ2) is 9.41. The second-order valence-corrected chi connectivity index (χ2v) is 11.7. The molecule has 1 aliphatic rings. The molecule has 1 aliphatic carbocycles. The molecule has 3 rings (SSSR count). The number of rotatable bonds is 5. The van der Waals surface area contributed by atoms with Gasteiger partial charge in [0.1, 0.15) is 5.00 Å². The summed E-state index contributed by atoms with van der Waals surface area (Å²) in [6.07, 6.45) is 1.44. The molecule has 0 fully saturated rings. The van der Waals surface area contributed by atoms with E-state index in [0.717, 1.165) is 30.4 Å². The zero-order valence-corrected chi connectivity index (χ0v) is 20.0. The lowest BCUT2D eigenvalue weighted by atomic mass is 9.88. The molecule has 3 amide bonds. The van der Waals surface area contributed by atoms with Gasteiger partial charge in [-0.05, 0) is 62.8 Å². The SMILES string of the molecule is COC(=O)NC(=O)c1c(NC(=O)c2cccc(S(=O)(=O)C(C)C)c2)sc2c1CCC(C)C2. The smallest absolute Gasteiger partial charge is 0.413 e. The van der Waals surface area contributed by atoms with Gasteiger partial charge in [0, 0.05) is 10.4 Å². The Bertz CT molecular complexity index is 1170. The third-order valence-corrected chi connectivity index (χ3v) is 8.73. The van der Waals surface area contributed by atoms with Crippen molar-refractivity contribution in [2.75, 3.05) is 12.4 Å². The normalized spacial score (nSPS) is 15.7. The van der Waals surface area contributed by atoms with Crippen molar-refractivity contribution in [3.8, 4) is 0 Å². The first-order valence-electron chi connectivity index (χ1n) is 10.2. The minimum absolute atomic E-state index is 0.0584. The number of anilines is 1. The fourth-order valence-corrected chi connectivity index (χ4v) is 6.05. The number of hydrogen-bond donors (Lipinski definition) is 2. The lowest BCUT2D eigenvalue weighted by Crippen LogP contribution is -2.31. The maximum Gasteiger partial charge on any atom is 0.413 e. The molecule has 32 heavy (non-hydrogen) atoms. The van der Waals surface area contributed by atoms with Crippen LogP contribution in [0.15, 0.2) is 29.2 Å². The number of carbonyl (C=O) groups is 3. The molecule has 2 N–H and O–H groups in total. The van der Waals surface area contributed by atoms with E-state index < -0.39 is 33.0 Å². The summed E-state index contributed by atoms with van der Waals surface area (Å²) in [7, 11) is -2.38. The Morgan fingerprint density at radius 1 is 1.19 bits per heavy atom. The van der Waals surface area contributed by atoms with Gasteiger partial charge in [-0.1, -0.05) is 13.0 Å². The van der Waals surface area contributed by atoms with Crippen LogP contribution in [-0.2, 0) is 27.4 Å². The van der Waals surface area contributed by atoms with Gasteiger partial charge in [0.05, 0.1) is 22.8 Å². The number of nitrogens with one attached hydrogen (secondary N) is 2. The molecular weight excluding hydrogens is 452 g/mol. The molecule has 0 spiro atoms. The predicted octanol–water partition coefficient (Wildman–Crippen LogP) is 3.80. The van der Waals surface area contributed by atoms with Crippen molar-refractivity contribution in [3.05, 3.63) is 45.8 Å². The Hall–Kier alpha value is -2.72. The molecule has 0 saturated carbocycles. The van der Waals surface area contributed by atoms with Crippen LogP contribution in [0.2, 0.25) is 0 Å². The number of sulfone groups is 1. The van der Waals surface area contributed by atoms with Gasteiger partial charge in [-0.2, -0.15) is 0 Å². The van der Waals surface area contributed by atoms with Crippen molar-refractivity contribution in [2.24, 2.45) is 5.92 Å². The lowest BCUT2D eigenvalue weighted by molar-refractivity contribution is 0.0937. The number of hydrogen-bond acceptors (Lipinski definition) is 7. The second-order valence-electron chi connectivity index (χ2n) is 8.08. The summed E-state index contributed by atoms with van der Waals surface area (Å²) in [5.41, 5.74) is 1.23. The van der Waals surface area contributed by atoms with Crippen LogP contribution in [0, 0.1) is 5.92 Å². The molecule has 1 aromatic carbocycles. The number of thiophene rings is 1. The third-order valence-electron chi connectivity index (χ3n) is 5.41. The first kappa shape index (κ1) is 23.9. The van der Waals surface area contributed by atoms with Crippen molar-refractivity contribution < 1.29 is 27.5 Å².